The number of aromatic nitrogens is 1. The molecule has 1 aromatic carbocycles. The highest BCUT2D eigenvalue weighted by Crippen LogP contribution is 2.29. The fourth-order valence-electron chi connectivity index (χ4n) is 5.82. The Labute approximate surface area is 272 Å². The molecule has 1 aliphatic rings. The highest BCUT2D eigenvalue weighted by molar-refractivity contribution is 7.13. The largest absolute Gasteiger partial charge is 0.391 e. The standard InChI is InChI=1S/C35H52N4O5S/c1-24(26-16-18-27(19-17-26)31-25(2)36-23-45-31)37-33(43)29-21-28(41)22-39(29)34(44)32(35(3,4)5)38-30(42)15-13-11-9-7-6-8-10-12-14-20-40/h16-20,23-24,28-29,32,41H,6-15,21-22H2,1-5H3,(H,37,43)(H,38,42)/t24?,28-,29+,32?/m1/s1. The summed E-state index contributed by atoms with van der Waals surface area (Å²) in [5.74, 6) is -0.847. The molecule has 248 valence electrons. The summed E-state index contributed by atoms with van der Waals surface area (Å²) < 4.78 is 0. The number of β-amino-alcohol motifs (C(OH)–C–C–N with tert-alkyl or cyclic N) is 1. The van der Waals surface area contributed by atoms with Crippen molar-refractivity contribution in [2.75, 3.05) is 6.54 Å². The second kappa shape index (κ2) is 17.5. The summed E-state index contributed by atoms with van der Waals surface area (Å²) in [6.07, 6.45) is 9.46. The number of likely N-dealkylation sites (tertiary alicyclic amines) is 1. The molecule has 2 unspecified atom stereocenters. The number of carbonyl (C=O) groups excluding carboxylic acids is 4. The van der Waals surface area contributed by atoms with Crippen LogP contribution in [-0.2, 0) is 19.2 Å². The van der Waals surface area contributed by atoms with Gasteiger partial charge in [-0.05, 0) is 43.2 Å². The monoisotopic (exact) mass is 640 g/mol. The minimum atomic E-state index is -0.825. The lowest BCUT2D eigenvalue weighted by Gasteiger charge is -2.35. The maximum absolute atomic E-state index is 13.9. The maximum atomic E-state index is 13.9. The predicted molar refractivity (Wildman–Crippen MR) is 179 cm³/mol. The van der Waals surface area contributed by atoms with E-state index in [1.165, 1.54) is 4.90 Å². The van der Waals surface area contributed by atoms with Crippen molar-refractivity contribution in [2.24, 2.45) is 5.41 Å². The average molecular weight is 641 g/mol. The van der Waals surface area contributed by atoms with Gasteiger partial charge in [-0.25, -0.2) is 4.98 Å². The van der Waals surface area contributed by atoms with Gasteiger partial charge in [-0.1, -0.05) is 83.6 Å². The first-order chi connectivity index (χ1) is 21.4. The molecule has 1 aromatic heterocycles. The summed E-state index contributed by atoms with van der Waals surface area (Å²) in [4.78, 5) is 57.5. The molecule has 0 radical (unpaired) electrons. The lowest BCUT2D eigenvalue weighted by atomic mass is 9.85. The number of aryl methyl sites for hydroxylation is 1. The number of amides is 3. The third-order valence-electron chi connectivity index (χ3n) is 8.54. The Balaban J connectivity index is 1.53. The zero-order valence-electron chi connectivity index (χ0n) is 27.6. The molecule has 0 bridgehead atoms. The number of hydrogen-bond acceptors (Lipinski definition) is 7. The topological polar surface area (TPSA) is 129 Å². The second-order valence-corrected chi connectivity index (χ2v) is 14.3. The van der Waals surface area contributed by atoms with Crippen LogP contribution in [-0.4, -0.2) is 63.7 Å². The minimum absolute atomic E-state index is 0.0474. The summed E-state index contributed by atoms with van der Waals surface area (Å²) >= 11 is 1.59. The average Bonchev–Trinajstić information content (AvgIpc) is 3.61. The van der Waals surface area contributed by atoms with Crippen molar-refractivity contribution in [1.29, 1.82) is 0 Å². The molecular formula is C35H52N4O5S. The van der Waals surface area contributed by atoms with Gasteiger partial charge in [-0.2, -0.15) is 0 Å². The van der Waals surface area contributed by atoms with Crippen LogP contribution in [0.5, 0.6) is 0 Å². The molecule has 0 spiro atoms. The van der Waals surface area contributed by atoms with E-state index in [9.17, 15) is 24.3 Å². The van der Waals surface area contributed by atoms with Crippen LogP contribution in [0, 0.1) is 12.3 Å². The van der Waals surface area contributed by atoms with Gasteiger partial charge >= 0.3 is 0 Å². The Bertz CT molecular complexity index is 1260. The molecule has 0 saturated carbocycles. The van der Waals surface area contributed by atoms with Crippen LogP contribution in [0.1, 0.15) is 116 Å². The fourth-order valence-corrected chi connectivity index (χ4v) is 6.63. The summed E-state index contributed by atoms with van der Waals surface area (Å²) in [5, 5.41) is 16.5. The molecule has 0 aliphatic carbocycles. The normalized spacial score (nSPS) is 18.0. The van der Waals surface area contributed by atoms with E-state index in [1.54, 1.807) is 11.3 Å². The van der Waals surface area contributed by atoms with Crippen molar-refractivity contribution in [1.82, 2.24) is 20.5 Å². The maximum Gasteiger partial charge on any atom is 0.246 e. The number of rotatable bonds is 17. The SMILES string of the molecule is Cc1ncsc1-c1ccc(C(C)NC(=O)[C@@H]2C[C@@H](O)CN2C(=O)C(NC(=O)CCCCCCCCCCC=O)C(C)(C)C)cc1. The molecule has 3 rings (SSSR count). The summed E-state index contributed by atoms with van der Waals surface area (Å²) in [7, 11) is 0. The first-order valence-corrected chi connectivity index (χ1v) is 17.3. The van der Waals surface area contributed by atoms with E-state index in [0.29, 0.717) is 12.8 Å². The van der Waals surface area contributed by atoms with E-state index in [2.05, 4.69) is 15.6 Å². The zero-order chi connectivity index (χ0) is 33.0. The Kier molecular flexibility index (Phi) is 14.2. The van der Waals surface area contributed by atoms with Gasteiger partial charge in [0.15, 0.2) is 0 Å². The van der Waals surface area contributed by atoms with Crippen LogP contribution in [0.15, 0.2) is 29.8 Å². The van der Waals surface area contributed by atoms with E-state index >= 15 is 0 Å². The summed E-state index contributed by atoms with van der Waals surface area (Å²) in [5.41, 5.74) is 4.22. The molecule has 3 N–H and O–H groups in total. The van der Waals surface area contributed by atoms with Gasteiger partial charge in [0.2, 0.25) is 17.7 Å². The van der Waals surface area contributed by atoms with Crippen molar-refractivity contribution < 1.29 is 24.3 Å². The number of aliphatic hydroxyl groups excluding tert-OH is 1. The van der Waals surface area contributed by atoms with Crippen LogP contribution in [0.3, 0.4) is 0 Å². The Morgan fingerprint density at radius 2 is 1.64 bits per heavy atom. The number of nitrogens with zero attached hydrogens (tertiary/aromatic N) is 2. The van der Waals surface area contributed by atoms with Gasteiger partial charge in [-0.3, -0.25) is 14.4 Å². The molecule has 4 atom stereocenters. The summed E-state index contributed by atoms with van der Waals surface area (Å²) in [6.45, 7) is 9.61. The number of thiazole rings is 1. The highest BCUT2D eigenvalue weighted by atomic mass is 32.1. The van der Waals surface area contributed by atoms with Crippen molar-refractivity contribution in [2.45, 2.75) is 129 Å². The van der Waals surface area contributed by atoms with Gasteiger partial charge in [0.05, 0.1) is 28.2 Å². The number of carbonyl (C=O) groups is 4. The smallest absolute Gasteiger partial charge is 0.246 e. The highest BCUT2D eigenvalue weighted by Gasteiger charge is 2.44. The van der Waals surface area contributed by atoms with Crippen LogP contribution < -0.4 is 10.6 Å². The van der Waals surface area contributed by atoms with E-state index < -0.39 is 23.6 Å². The van der Waals surface area contributed by atoms with Gasteiger partial charge in [0.1, 0.15) is 18.4 Å². The molecule has 1 saturated heterocycles. The Morgan fingerprint density at radius 3 is 2.22 bits per heavy atom. The lowest BCUT2D eigenvalue weighted by Crippen LogP contribution is -2.57. The molecule has 2 heterocycles. The van der Waals surface area contributed by atoms with E-state index in [4.69, 9.17) is 0 Å². The molecule has 2 aromatic rings. The summed E-state index contributed by atoms with van der Waals surface area (Å²) in [6, 6.07) is 6.05. The van der Waals surface area contributed by atoms with E-state index in [1.807, 2.05) is 64.4 Å². The quantitative estimate of drug-likeness (QED) is 0.146. The molecule has 9 nitrogen and oxygen atoms in total. The molecule has 10 heteroatoms. The Morgan fingerprint density at radius 1 is 1.02 bits per heavy atom. The molecule has 45 heavy (non-hydrogen) atoms. The fraction of sp³-hybridized carbons (Fsp3) is 0.629. The van der Waals surface area contributed by atoms with Crippen molar-refractivity contribution in [3.8, 4) is 10.4 Å². The molecular weight excluding hydrogens is 588 g/mol. The number of hydrogen-bond donors (Lipinski definition) is 3. The Hall–Kier alpha value is -3.11. The third kappa shape index (κ3) is 11.0. The third-order valence-corrected chi connectivity index (χ3v) is 9.51. The zero-order valence-corrected chi connectivity index (χ0v) is 28.5. The van der Waals surface area contributed by atoms with Crippen LogP contribution >= 0.6 is 11.3 Å². The minimum Gasteiger partial charge on any atom is -0.391 e. The van der Waals surface area contributed by atoms with Crippen molar-refractivity contribution in [3.05, 3.63) is 41.0 Å². The van der Waals surface area contributed by atoms with Gasteiger partial charge in [-0.15, -0.1) is 11.3 Å². The predicted octanol–water partition coefficient (Wildman–Crippen LogP) is 5.89. The van der Waals surface area contributed by atoms with Crippen LogP contribution in [0.25, 0.3) is 10.4 Å². The van der Waals surface area contributed by atoms with E-state index in [0.717, 1.165) is 79.4 Å². The number of benzene rings is 1. The van der Waals surface area contributed by atoms with Gasteiger partial charge in [0.25, 0.3) is 0 Å². The second-order valence-electron chi connectivity index (χ2n) is 13.4. The first kappa shape index (κ1) is 36.4. The molecule has 3 amide bonds. The number of aldehydes is 1. The van der Waals surface area contributed by atoms with Crippen molar-refractivity contribution >= 4 is 35.3 Å². The number of nitrogens with one attached hydrogen (secondary N) is 2. The first-order valence-electron chi connectivity index (χ1n) is 16.4. The molecule has 1 fully saturated rings. The van der Waals surface area contributed by atoms with Crippen LogP contribution in [0.4, 0.5) is 0 Å². The van der Waals surface area contributed by atoms with Gasteiger partial charge in [0, 0.05) is 25.8 Å². The number of unbranched alkanes of at least 4 members (excludes halogenated alkanes) is 8. The van der Waals surface area contributed by atoms with E-state index in [-0.39, 0.29) is 36.7 Å². The van der Waals surface area contributed by atoms with Crippen LogP contribution in [0.2, 0.25) is 0 Å². The van der Waals surface area contributed by atoms with Crippen molar-refractivity contribution in [3.63, 3.8) is 0 Å². The number of aliphatic hydroxyl groups is 1. The lowest BCUT2D eigenvalue weighted by molar-refractivity contribution is -0.144. The molecule has 1 aliphatic heterocycles. The van der Waals surface area contributed by atoms with Gasteiger partial charge < -0.3 is 25.4 Å².